The van der Waals surface area contributed by atoms with Crippen molar-refractivity contribution in [2.24, 2.45) is 5.41 Å². The van der Waals surface area contributed by atoms with E-state index in [9.17, 15) is 4.79 Å². The van der Waals surface area contributed by atoms with E-state index >= 15 is 0 Å². The van der Waals surface area contributed by atoms with E-state index in [2.05, 4.69) is 42.8 Å². The van der Waals surface area contributed by atoms with Crippen molar-refractivity contribution >= 4 is 5.91 Å². The van der Waals surface area contributed by atoms with Crippen LogP contribution in [0.3, 0.4) is 0 Å². The van der Waals surface area contributed by atoms with Gasteiger partial charge in [-0.25, -0.2) is 0 Å². The molecule has 1 rings (SSSR count). The Bertz CT molecular complexity index is 289. The van der Waals surface area contributed by atoms with Crippen LogP contribution < -0.4 is 5.32 Å². The lowest BCUT2D eigenvalue weighted by Gasteiger charge is -2.34. The summed E-state index contributed by atoms with van der Waals surface area (Å²) in [5, 5.41) is 3.43. The number of carbonyl (C=O) groups is 1. The lowest BCUT2D eigenvalue weighted by molar-refractivity contribution is -0.135. The maximum atomic E-state index is 12.6. The number of nitrogens with zero attached hydrogens (tertiary/aromatic N) is 2. The molecule has 18 heavy (non-hydrogen) atoms. The van der Waals surface area contributed by atoms with Gasteiger partial charge in [-0.05, 0) is 32.9 Å². The molecule has 0 bridgehead atoms. The summed E-state index contributed by atoms with van der Waals surface area (Å²) < 4.78 is 0. The van der Waals surface area contributed by atoms with E-state index in [0.29, 0.717) is 6.04 Å². The Hall–Kier alpha value is -0.610. The van der Waals surface area contributed by atoms with E-state index in [1.54, 1.807) is 0 Å². The van der Waals surface area contributed by atoms with Crippen LogP contribution in [0.4, 0.5) is 0 Å². The van der Waals surface area contributed by atoms with Gasteiger partial charge in [-0.2, -0.15) is 0 Å². The van der Waals surface area contributed by atoms with Crippen LogP contribution in [0.1, 0.15) is 34.1 Å². The highest BCUT2D eigenvalue weighted by Crippen LogP contribution is 2.22. The van der Waals surface area contributed by atoms with Crippen molar-refractivity contribution in [1.82, 2.24) is 15.1 Å². The molecule has 0 spiro atoms. The molecule has 1 saturated heterocycles. The summed E-state index contributed by atoms with van der Waals surface area (Å²) in [6.07, 6.45) is 1.01. The number of hydrogen-bond acceptors (Lipinski definition) is 3. The summed E-state index contributed by atoms with van der Waals surface area (Å²) in [6, 6.07) is 0.247. The van der Waals surface area contributed by atoms with Gasteiger partial charge in [0.2, 0.25) is 5.91 Å². The molecule has 2 unspecified atom stereocenters. The first kappa shape index (κ1) is 15.4. The molecule has 0 aromatic heterocycles. The van der Waals surface area contributed by atoms with Crippen molar-refractivity contribution in [2.75, 3.05) is 33.7 Å². The van der Waals surface area contributed by atoms with Crippen molar-refractivity contribution in [2.45, 2.75) is 46.2 Å². The van der Waals surface area contributed by atoms with Crippen LogP contribution in [-0.4, -0.2) is 61.5 Å². The molecule has 4 nitrogen and oxygen atoms in total. The van der Waals surface area contributed by atoms with E-state index in [0.717, 1.165) is 26.1 Å². The molecule has 1 heterocycles. The summed E-state index contributed by atoms with van der Waals surface area (Å²) in [6.45, 7) is 11.2. The molecule has 0 aliphatic carbocycles. The first-order valence-corrected chi connectivity index (χ1v) is 6.95. The second-order valence-corrected chi connectivity index (χ2v) is 6.58. The molecule has 0 aromatic carbocycles. The van der Waals surface area contributed by atoms with Crippen molar-refractivity contribution in [3.05, 3.63) is 0 Å². The van der Waals surface area contributed by atoms with Crippen LogP contribution in [0.25, 0.3) is 0 Å². The third-order valence-electron chi connectivity index (χ3n) is 3.68. The van der Waals surface area contributed by atoms with Gasteiger partial charge in [0.15, 0.2) is 0 Å². The summed E-state index contributed by atoms with van der Waals surface area (Å²) in [4.78, 5) is 16.7. The molecule has 0 saturated carbocycles. The van der Waals surface area contributed by atoms with Gasteiger partial charge in [0.1, 0.15) is 0 Å². The number of rotatable bonds is 4. The summed E-state index contributed by atoms with van der Waals surface area (Å²) in [5.41, 5.74) is 0.139. The minimum Gasteiger partial charge on any atom is -0.338 e. The second kappa shape index (κ2) is 6.02. The van der Waals surface area contributed by atoms with Crippen molar-refractivity contribution in [1.29, 1.82) is 0 Å². The lowest BCUT2D eigenvalue weighted by atomic mass is 9.92. The highest BCUT2D eigenvalue weighted by molar-refractivity contribution is 5.82. The fraction of sp³-hybridized carbons (Fsp3) is 0.929. The number of amides is 1. The van der Waals surface area contributed by atoms with Gasteiger partial charge in [0, 0.05) is 25.7 Å². The fourth-order valence-electron chi connectivity index (χ4n) is 2.38. The minimum atomic E-state index is -0.0734. The van der Waals surface area contributed by atoms with Gasteiger partial charge in [-0.15, -0.1) is 0 Å². The Morgan fingerprint density at radius 1 is 1.50 bits per heavy atom. The number of likely N-dealkylation sites (N-methyl/N-ethyl adjacent to an activating group) is 1. The van der Waals surface area contributed by atoms with Gasteiger partial charge in [0.25, 0.3) is 0 Å². The van der Waals surface area contributed by atoms with Gasteiger partial charge in [-0.1, -0.05) is 20.8 Å². The Balaban J connectivity index is 2.88. The zero-order valence-electron chi connectivity index (χ0n) is 12.8. The minimum absolute atomic E-state index is 0.0734. The number of nitrogens with one attached hydrogen (secondary N) is 1. The molecule has 1 aliphatic heterocycles. The van der Waals surface area contributed by atoms with Gasteiger partial charge < -0.3 is 15.1 Å². The Kier molecular flexibility index (Phi) is 5.17. The Labute approximate surface area is 112 Å². The van der Waals surface area contributed by atoms with Crippen LogP contribution in [-0.2, 0) is 4.79 Å². The normalized spacial score (nSPS) is 26.3. The van der Waals surface area contributed by atoms with E-state index in [-0.39, 0.29) is 17.4 Å². The SMILES string of the molecule is CCC(C)N1CC(C)(C)CNC(CN(C)C)C1=O. The highest BCUT2D eigenvalue weighted by Gasteiger charge is 2.36. The molecular formula is C14H29N3O. The molecule has 1 amide bonds. The fourth-order valence-corrected chi connectivity index (χ4v) is 2.38. The summed E-state index contributed by atoms with van der Waals surface area (Å²) >= 11 is 0. The number of hydrogen-bond donors (Lipinski definition) is 1. The number of carbonyl (C=O) groups excluding carboxylic acids is 1. The molecule has 0 radical (unpaired) electrons. The zero-order valence-corrected chi connectivity index (χ0v) is 12.8. The van der Waals surface area contributed by atoms with Crippen LogP contribution >= 0.6 is 0 Å². The standard InChI is InChI=1S/C14H29N3O/c1-7-11(2)17-10-14(3,4)9-15-12(13(17)18)8-16(5)6/h11-12,15H,7-10H2,1-6H3. The third-order valence-corrected chi connectivity index (χ3v) is 3.68. The molecule has 1 aliphatic rings. The topological polar surface area (TPSA) is 35.6 Å². The maximum Gasteiger partial charge on any atom is 0.241 e. The molecule has 2 atom stereocenters. The second-order valence-electron chi connectivity index (χ2n) is 6.58. The van der Waals surface area contributed by atoms with E-state index < -0.39 is 0 Å². The monoisotopic (exact) mass is 255 g/mol. The van der Waals surface area contributed by atoms with Gasteiger partial charge in [-0.3, -0.25) is 4.79 Å². The van der Waals surface area contributed by atoms with Gasteiger partial charge in [0.05, 0.1) is 6.04 Å². The Morgan fingerprint density at radius 2 is 2.11 bits per heavy atom. The van der Waals surface area contributed by atoms with Crippen LogP contribution in [0.2, 0.25) is 0 Å². The lowest BCUT2D eigenvalue weighted by Crippen LogP contribution is -2.51. The van der Waals surface area contributed by atoms with Gasteiger partial charge >= 0.3 is 0 Å². The van der Waals surface area contributed by atoms with E-state index in [4.69, 9.17) is 0 Å². The summed E-state index contributed by atoms with van der Waals surface area (Å²) in [5.74, 6) is 0.253. The summed E-state index contributed by atoms with van der Waals surface area (Å²) in [7, 11) is 4.02. The maximum absolute atomic E-state index is 12.6. The Morgan fingerprint density at radius 3 is 2.61 bits per heavy atom. The largest absolute Gasteiger partial charge is 0.338 e. The molecule has 1 N–H and O–H groups in total. The predicted octanol–water partition coefficient (Wildman–Crippen LogP) is 1.17. The highest BCUT2D eigenvalue weighted by atomic mass is 16.2. The van der Waals surface area contributed by atoms with Crippen molar-refractivity contribution < 1.29 is 4.79 Å². The molecular weight excluding hydrogens is 226 g/mol. The van der Waals surface area contributed by atoms with Crippen LogP contribution in [0.15, 0.2) is 0 Å². The van der Waals surface area contributed by atoms with Crippen molar-refractivity contribution in [3.8, 4) is 0 Å². The molecule has 0 aromatic rings. The van der Waals surface area contributed by atoms with Crippen LogP contribution in [0.5, 0.6) is 0 Å². The molecule has 4 heteroatoms. The van der Waals surface area contributed by atoms with Crippen molar-refractivity contribution in [3.63, 3.8) is 0 Å². The smallest absolute Gasteiger partial charge is 0.241 e. The van der Waals surface area contributed by atoms with E-state index in [1.807, 2.05) is 14.1 Å². The van der Waals surface area contributed by atoms with E-state index in [1.165, 1.54) is 0 Å². The first-order chi connectivity index (χ1) is 8.26. The van der Waals surface area contributed by atoms with Crippen LogP contribution in [0, 0.1) is 5.41 Å². The zero-order chi connectivity index (χ0) is 13.9. The average molecular weight is 255 g/mol. The predicted molar refractivity (Wildman–Crippen MR) is 75.6 cm³/mol. The average Bonchev–Trinajstić information content (AvgIpc) is 2.38. The first-order valence-electron chi connectivity index (χ1n) is 6.95. The molecule has 1 fully saturated rings. The quantitative estimate of drug-likeness (QED) is 0.819. The molecule has 106 valence electrons. The third kappa shape index (κ3) is 3.95.